The maximum atomic E-state index is 13.4. The smallest absolute Gasteiger partial charge is 0.257 e. The van der Waals surface area contributed by atoms with E-state index in [2.05, 4.69) is 75.1 Å². The zero-order chi connectivity index (χ0) is 21.3. The molecule has 0 spiro atoms. The van der Waals surface area contributed by atoms with Gasteiger partial charge in [-0.15, -0.1) is 0 Å². The van der Waals surface area contributed by atoms with E-state index in [0.717, 1.165) is 29.8 Å². The molecule has 2 aromatic carbocycles. The van der Waals surface area contributed by atoms with Crippen LogP contribution < -0.4 is 0 Å². The van der Waals surface area contributed by atoms with Gasteiger partial charge in [0.05, 0.1) is 18.3 Å². The van der Waals surface area contributed by atoms with Crippen LogP contribution in [0.5, 0.6) is 0 Å². The van der Waals surface area contributed by atoms with E-state index in [1.807, 2.05) is 0 Å². The van der Waals surface area contributed by atoms with Gasteiger partial charge in [0.2, 0.25) is 0 Å². The number of nitrogens with zero attached hydrogens (tertiary/aromatic N) is 3. The number of carbonyl (C=O) groups is 1. The zero-order valence-electron chi connectivity index (χ0n) is 18.7. The SMILES string of the molecule is Cc1ccc(C2CC(c3cc(C)ccc3C)=NN2C(=O)CN2CCCCC2C)cc1. The highest BCUT2D eigenvalue weighted by molar-refractivity contribution is 6.04. The summed E-state index contributed by atoms with van der Waals surface area (Å²) >= 11 is 0. The van der Waals surface area contributed by atoms with Gasteiger partial charge in [-0.2, -0.15) is 5.10 Å². The molecule has 2 heterocycles. The molecule has 1 fully saturated rings. The zero-order valence-corrected chi connectivity index (χ0v) is 18.7. The van der Waals surface area contributed by atoms with E-state index < -0.39 is 0 Å². The van der Waals surface area contributed by atoms with Crippen molar-refractivity contribution in [2.75, 3.05) is 13.1 Å². The molecule has 4 nitrogen and oxygen atoms in total. The number of hydrogen-bond acceptors (Lipinski definition) is 3. The van der Waals surface area contributed by atoms with Crippen molar-refractivity contribution in [3.8, 4) is 0 Å². The molecule has 2 unspecified atom stereocenters. The van der Waals surface area contributed by atoms with Gasteiger partial charge in [0.25, 0.3) is 5.91 Å². The lowest BCUT2D eigenvalue weighted by atomic mass is 9.94. The van der Waals surface area contributed by atoms with Crippen molar-refractivity contribution in [1.82, 2.24) is 9.91 Å². The minimum absolute atomic E-state index is 0.0342. The molecule has 1 amide bonds. The second-order valence-electron chi connectivity index (χ2n) is 9.05. The Kier molecular flexibility index (Phi) is 6.05. The van der Waals surface area contributed by atoms with Crippen LogP contribution in [-0.4, -0.2) is 40.7 Å². The summed E-state index contributed by atoms with van der Waals surface area (Å²) in [5.74, 6) is 0.106. The minimum Gasteiger partial charge on any atom is -0.292 e. The molecular formula is C26H33N3O. The van der Waals surface area contributed by atoms with Crippen molar-refractivity contribution in [3.63, 3.8) is 0 Å². The molecule has 0 bridgehead atoms. The van der Waals surface area contributed by atoms with Crippen molar-refractivity contribution in [1.29, 1.82) is 0 Å². The summed E-state index contributed by atoms with van der Waals surface area (Å²) in [6.45, 7) is 10.0. The van der Waals surface area contributed by atoms with Crippen LogP contribution in [0.2, 0.25) is 0 Å². The van der Waals surface area contributed by atoms with Crippen LogP contribution >= 0.6 is 0 Å². The molecular weight excluding hydrogens is 370 g/mol. The molecule has 2 aliphatic rings. The number of likely N-dealkylation sites (tertiary alicyclic amines) is 1. The Morgan fingerprint density at radius 1 is 1.03 bits per heavy atom. The van der Waals surface area contributed by atoms with Crippen molar-refractivity contribution in [3.05, 3.63) is 70.3 Å². The van der Waals surface area contributed by atoms with Gasteiger partial charge in [0, 0.05) is 18.0 Å². The molecule has 2 atom stereocenters. The highest BCUT2D eigenvalue weighted by Crippen LogP contribution is 2.34. The number of carbonyl (C=O) groups excluding carboxylic acids is 1. The van der Waals surface area contributed by atoms with Gasteiger partial charge < -0.3 is 0 Å². The number of rotatable bonds is 4. The van der Waals surface area contributed by atoms with Crippen molar-refractivity contribution in [2.24, 2.45) is 5.10 Å². The fraction of sp³-hybridized carbons (Fsp3) is 0.462. The lowest BCUT2D eigenvalue weighted by Crippen LogP contribution is -2.44. The molecule has 0 saturated carbocycles. The highest BCUT2D eigenvalue weighted by Gasteiger charge is 2.35. The van der Waals surface area contributed by atoms with Gasteiger partial charge in [0.1, 0.15) is 0 Å². The Labute approximate surface area is 180 Å². The van der Waals surface area contributed by atoms with E-state index in [1.165, 1.54) is 36.0 Å². The Morgan fingerprint density at radius 2 is 1.77 bits per heavy atom. The monoisotopic (exact) mass is 403 g/mol. The first kappa shape index (κ1) is 20.8. The number of piperidine rings is 1. The van der Waals surface area contributed by atoms with E-state index in [-0.39, 0.29) is 11.9 Å². The second kappa shape index (κ2) is 8.73. The molecule has 2 aliphatic heterocycles. The average molecular weight is 404 g/mol. The molecule has 0 aromatic heterocycles. The Morgan fingerprint density at radius 3 is 2.50 bits per heavy atom. The van der Waals surface area contributed by atoms with Crippen LogP contribution in [0.1, 0.15) is 66.5 Å². The molecule has 0 N–H and O–H groups in total. The van der Waals surface area contributed by atoms with Gasteiger partial charge in [-0.05, 0) is 64.3 Å². The van der Waals surface area contributed by atoms with Gasteiger partial charge in [-0.1, -0.05) is 53.9 Å². The molecule has 1 saturated heterocycles. The lowest BCUT2D eigenvalue weighted by Gasteiger charge is -2.34. The molecule has 0 aliphatic carbocycles. The van der Waals surface area contributed by atoms with E-state index in [9.17, 15) is 4.79 Å². The number of amides is 1. The first-order chi connectivity index (χ1) is 14.4. The third-order valence-electron chi connectivity index (χ3n) is 6.61. The standard InChI is InChI=1S/C26H33N3O/c1-18-9-12-22(13-10-18)25-16-24(23-15-19(2)8-11-20(23)3)27-29(25)26(30)17-28-14-6-5-7-21(28)4/h8-13,15,21,25H,5-7,14,16-17H2,1-4H3. The summed E-state index contributed by atoms with van der Waals surface area (Å²) in [4.78, 5) is 15.7. The van der Waals surface area contributed by atoms with Crippen molar-refractivity contribution >= 4 is 11.6 Å². The van der Waals surface area contributed by atoms with Crippen LogP contribution in [0.15, 0.2) is 47.6 Å². The molecule has 4 heteroatoms. The van der Waals surface area contributed by atoms with Gasteiger partial charge in [-0.25, -0.2) is 5.01 Å². The quantitative estimate of drug-likeness (QED) is 0.706. The van der Waals surface area contributed by atoms with Gasteiger partial charge in [0.15, 0.2) is 0 Å². The fourth-order valence-electron chi connectivity index (χ4n) is 4.64. The van der Waals surface area contributed by atoms with E-state index >= 15 is 0 Å². The maximum Gasteiger partial charge on any atom is 0.257 e. The second-order valence-corrected chi connectivity index (χ2v) is 9.05. The molecule has 0 radical (unpaired) electrons. The van der Waals surface area contributed by atoms with Gasteiger partial charge >= 0.3 is 0 Å². The highest BCUT2D eigenvalue weighted by atomic mass is 16.2. The Bertz CT molecular complexity index is 947. The van der Waals surface area contributed by atoms with E-state index in [4.69, 9.17) is 5.10 Å². The number of benzene rings is 2. The number of hydrogen-bond donors (Lipinski definition) is 0. The summed E-state index contributed by atoms with van der Waals surface area (Å²) in [5, 5.41) is 6.67. The van der Waals surface area contributed by atoms with Crippen LogP contribution in [0, 0.1) is 20.8 Å². The minimum atomic E-state index is -0.0342. The predicted octanol–water partition coefficient (Wildman–Crippen LogP) is 5.16. The summed E-state index contributed by atoms with van der Waals surface area (Å²) in [7, 11) is 0. The maximum absolute atomic E-state index is 13.4. The Hall–Kier alpha value is -2.46. The summed E-state index contributed by atoms with van der Waals surface area (Å²) < 4.78 is 0. The lowest BCUT2D eigenvalue weighted by molar-refractivity contribution is -0.135. The third kappa shape index (κ3) is 4.34. The molecule has 158 valence electrons. The summed E-state index contributed by atoms with van der Waals surface area (Å²) in [6, 6.07) is 15.4. The summed E-state index contributed by atoms with van der Waals surface area (Å²) in [5.41, 5.74) is 6.99. The van der Waals surface area contributed by atoms with Crippen molar-refractivity contribution in [2.45, 2.75) is 65.5 Å². The van der Waals surface area contributed by atoms with Crippen LogP contribution in [0.4, 0.5) is 0 Å². The first-order valence-electron chi connectivity index (χ1n) is 11.2. The average Bonchev–Trinajstić information content (AvgIpc) is 3.17. The number of hydrazone groups is 1. The number of aryl methyl sites for hydroxylation is 3. The first-order valence-corrected chi connectivity index (χ1v) is 11.2. The fourth-order valence-corrected chi connectivity index (χ4v) is 4.64. The van der Waals surface area contributed by atoms with Gasteiger partial charge in [-0.3, -0.25) is 9.69 Å². The van der Waals surface area contributed by atoms with Crippen LogP contribution in [0.25, 0.3) is 0 Å². The van der Waals surface area contributed by atoms with E-state index in [0.29, 0.717) is 12.6 Å². The van der Waals surface area contributed by atoms with E-state index in [1.54, 1.807) is 5.01 Å². The third-order valence-corrected chi connectivity index (χ3v) is 6.61. The predicted molar refractivity (Wildman–Crippen MR) is 123 cm³/mol. The molecule has 4 rings (SSSR count). The van der Waals surface area contributed by atoms with Crippen LogP contribution in [0.3, 0.4) is 0 Å². The molecule has 30 heavy (non-hydrogen) atoms. The Balaban J connectivity index is 1.64. The summed E-state index contributed by atoms with van der Waals surface area (Å²) in [6.07, 6.45) is 4.37. The topological polar surface area (TPSA) is 35.9 Å². The normalized spacial score (nSPS) is 22.3. The molecule has 2 aromatic rings. The van der Waals surface area contributed by atoms with Crippen molar-refractivity contribution < 1.29 is 4.79 Å². The van der Waals surface area contributed by atoms with Crippen LogP contribution in [-0.2, 0) is 4.79 Å². The largest absolute Gasteiger partial charge is 0.292 e.